The number of morpholine rings is 1. The third kappa shape index (κ3) is 4.26. The fourth-order valence-corrected chi connectivity index (χ4v) is 4.46. The van der Waals surface area contributed by atoms with Gasteiger partial charge in [-0.05, 0) is 43.7 Å². The van der Waals surface area contributed by atoms with Gasteiger partial charge in [-0.25, -0.2) is 14.4 Å². The first-order valence-corrected chi connectivity index (χ1v) is 11.4. The maximum absolute atomic E-state index is 13.6. The first-order valence-electron chi connectivity index (χ1n) is 11.0. The Balaban J connectivity index is 1.52. The number of aromatic amines is 1. The molecule has 9 nitrogen and oxygen atoms in total. The minimum Gasteiger partial charge on any atom is -0.378 e. The SMILES string of the molecule is Cc1[nH]c(C=C2C(=O)Nc3ncnc(Nc4ccc(F)c(Cl)c4)c32)c(C)c1C(=O)N1CCOCC1. The standard InChI is InChI=1S/C24H22ClFN6O3/c1-12-18(29-13(2)19(12)24(34)32-5-7-35-8-6-32)10-15-20-21(27-11-28-22(20)31-23(15)33)30-14-3-4-17(26)16(25)9-14/h3-4,9-11,29H,5-8H2,1-2H3,(H2,27,28,30,31,33). The molecule has 180 valence electrons. The van der Waals surface area contributed by atoms with Crippen LogP contribution in [-0.2, 0) is 9.53 Å². The van der Waals surface area contributed by atoms with Crippen molar-refractivity contribution in [3.63, 3.8) is 0 Å². The Hall–Kier alpha value is -3.76. The highest BCUT2D eigenvalue weighted by Gasteiger charge is 2.31. The minimum atomic E-state index is -0.539. The molecule has 2 aliphatic rings. The summed E-state index contributed by atoms with van der Waals surface area (Å²) in [6.07, 6.45) is 3.00. The molecular formula is C24H22ClFN6O3. The summed E-state index contributed by atoms with van der Waals surface area (Å²) in [7, 11) is 0. The molecule has 2 aromatic heterocycles. The van der Waals surface area contributed by atoms with E-state index in [1.165, 1.54) is 24.5 Å². The van der Waals surface area contributed by atoms with Gasteiger partial charge in [-0.2, -0.15) is 0 Å². The van der Waals surface area contributed by atoms with Gasteiger partial charge in [0.25, 0.3) is 11.8 Å². The number of rotatable bonds is 4. The van der Waals surface area contributed by atoms with Crippen molar-refractivity contribution in [2.45, 2.75) is 13.8 Å². The Labute approximate surface area is 205 Å². The number of carbonyl (C=O) groups excluding carboxylic acids is 2. The van der Waals surface area contributed by atoms with Crippen LogP contribution in [0.4, 0.5) is 21.7 Å². The van der Waals surface area contributed by atoms with E-state index in [2.05, 4.69) is 25.6 Å². The zero-order chi connectivity index (χ0) is 24.7. The van der Waals surface area contributed by atoms with E-state index < -0.39 is 5.82 Å². The zero-order valence-electron chi connectivity index (χ0n) is 19.0. The zero-order valence-corrected chi connectivity index (χ0v) is 19.8. The van der Waals surface area contributed by atoms with Gasteiger partial charge >= 0.3 is 0 Å². The van der Waals surface area contributed by atoms with Gasteiger partial charge < -0.3 is 25.3 Å². The quantitative estimate of drug-likeness (QED) is 0.472. The Morgan fingerprint density at radius 3 is 2.77 bits per heavy atom. The highest BCUT2D eigenvalue weighted by molar-refractivity contribution is 6.35. The van der Waals surface area contributed by atoms with Gasteiger partial charge in [-0.3, -0.25) is 9.59 Å². The molecule has 3 N–H and O–H groups in total. The second-order valence-electron chi connectivity index (χ2n) is 8.28. The molecule has 1 aromatic carbocycles. The number of nitrogens with zero attached hydrogens (tertiary/aromatic N) is 3. The first kappa shape index (κ1) is 23.0. The van der Waals surface area contributed by atoms with E-state index >= 15 is 0 Å². The van der Waals surface area contributed by atoms with Crippen molar-refractivity contribution in [2.24, 2.45) is 0 Å². The number of hydrogen-bond acceptors (Lipinski definition) is 6. The van der Waals surface area contributed by atoms with Gasteiger partial charge in [0, 0.05) is 30.2 Å². The maximum atomic E-state index is 13.6. The molecular weight excluding hydrogens is 475 g/mol. The fourth-order valence-electron chi connectivity index (χ4n) is 4.28. The Morgan fingerprint density at radius 1 is 1.26 bits per heavy atom. The maximum Gasteiger partial charge on any atom is 0.257 e. The van der Waals surface area contributed by atoms with Crippen molar-refractivity contribution < 1.29 is 18.7 Å². The number of ether oxygens (including phenoxy) is 1. The van der Waals surface area contributed by atoms with Crippen molar-refractivity contribution in [1.82, 2.24) is 19.9 Å². The number of carbonyl (C=O) groups is 2. The monoisotopic (exact) mass is 496 g/mol. The summed E-state index contributed by atoms with van der Waals surface area (Å²) in [5, 5.41) is 5.78. The predicted molar refractivity (Wildman–Crippen MR) is 130 cm³/mol. The number of halogens is 2. The average molecular weight is 497 g/mol. The lowest BCUT2D eigenvalue weighted by Gasteiger charge is -2.27. The highest BCUT2D eigenvalue weighted by atomic mass is 35.5. The molecule has 1 fully saturated rings. The second-order valence-corrected chi connectivity index (χ2v) is 8.69. The van der Waals surface area contributed by atoms with Gasteiger partial charge in [0.05, 0.1) is 34.9 Å². The number of nitrogens with one attached hydrogen (secondary N) is 3. The van der Waals surface area contributed by atoms with Crippen molar-refractivity contribution in [3.05, 3.63) is 63.4 Å². The number of aromatic nitrogens is 3. The molecule has 2 aliphatic heterocycles. The van der Waals surface area contributed by atoms with Crippen LogP contribution in [0.2, 0.25) is 5.02 Å². The molecule has 11 heteroatoms. The molecule has 1 saturated heterocycles. The summed E-state index contributed by atoms with van der Waals surface area (Å²) >= 11 is 5.91. The molecule has 0 radical (unpaired) electrons. The molecule has 0 saturated carbocycles. The molecule has 0 spiro atoms. The minimum absolute atomic E-state index is 0.0411. The van der Waals surface area contributed by atoms with E-state index in [-0.39, 0.29) is 16.8 Å². The first-order chi connectivity index (χ1) is 16.8. The van der Waals surface area contributed by atoms with Crippen molar-refractivity contribution >= 4 is 52.4 Å². The van der Waals surface area contributed by atoms with E-state index in [0.29, 0.717) is 71.7 Å². The van der Waals surface area contributed by atoms with Crippen LogP contribution >= 0.6 is 11.6 Å². The number of H-pyrrole nitrogens is 1. The van der Waals surface area contributed by atoms with Crippen LogP contribution in [-0.4, -0.2) is 58.0 Å². The van der Waals surface area contributed by atoms with Gasteiger partial charge in [0.1, 0.15) is 23.8 Å². The number of anilines is 3. The van der Waals surface area contributed by atoms with Gasteiger partial charge in [0.15, 0.2) is 0 Å². The van der Waals surface area contributed by atoms with Crippen LogP contribution in [0.25, 0.3) is 11.6 Å². The summed E-state index contributed by atoms with van der Waals surface area (Å²) in [5.74, 6) is -0.263. The van der Waals surface area contributed by atoms with Crippen LogP contribution in [0, 0.1) is 19.7 Å². The molecule has 3 aromatic rings. The summed E-state index contributed by atoms with van der Waals surface area (Å²) in [6, 6.07) is 4.19. The summed E-state index contributed by atoms with van der Waals surface area (Å²) in [4.78, 5) is 39.5. The van der Waals surface area contributed by atoms with E-state index in [1.54, 1.807) is 11.0 Å². The van der Waals surface area contributed by atoms with Crippen molar-refractivity contribution in [3.8, 4) is 0 Å². The Bertz CT molecular complexity index is 1380. The lowest BCUT2D eigenvalue weighted by atomic mass is 10.0. The molecule has 2 amide bonds. The van der Waals surface area contributed by atoms with Crippen LogP contribution in [0.1, 0.15) is 32.9 Å². The number of benzene rings is 1. The number of fused-ring (bicyclic) bond motifs is 1. The van der Waals surface area contributed by atoms with Crippen LogP contribution < -0.4 is 10.6 Å². The molecule has 4 heterocycles. The molecule has 0 bridgehead atoms. The van der Waals surface area contributed by atoms with Crippen molar-refractivity contribution in [1.29, 1.82) is 0 Å². The van der Waals surface area contributed by atoms with Crippen LogP contribution in [0.15, 0.2) is 24.5 Å². The Morgan fingerprint density at radius 2 is 2.03 bits per heavy atom. The Kier molecular flexibility index (Phi) is 6.00. The summed E-state index contributed by atoms with van der Waals surface area (Å²) < 4.78 is 18.9. The lowest BCUT2D eigenvalue weighted by molar-refractivity contribution is -0.110. The van der Waals surface area contributed by atoms with E-state index in [1.807, 2.05) is 13.8 Å². The van der Waals surface area contributed by atoms with E-state index in [4.69, 9.17) is 16.3 Å². The molecule has 0 aliphatic carbocycles. The second kappa shape index (κ2) is 9.12. The molecule has 35 heavy (non-hydrogen) atoms. The summed E-state index contributed by atoms with van der Waals surface area (Å²) in [5.41, 5.74) is 3.97. The third-order valence-corrected chi connectivity index (χ3v) is 6.34. The number of amides is 2. The topological polar surface area (TPSA) is 112 Å². The van der Waals surface area contributed by atoms with E-state index in [9.17, 15) is 14.0 Å². The predicted octanol–water partition coefficient (Wildman–Crippen LogP) is 3.92. The van der Waals surface area contributed by atoms with Crippen molar-refractivity contribution in [2.75, 3.05) is 36.9 Å². The van der Waals surface area contributed by atoms with E-state index in [0.717, 1.165) is 5.56 Å². The largest absolute Gasteiger partial charge is 0.378 e. The molecule has 0 atom stereocenters. The molecule has 0 unspecified atom stereocenters. The normalized spacial score (nSPS) is 16.4. The third-order valence-electron chi connectivity index (χ3n) is 6.05. The number of hydrogen-bond donors (Lipinski definition) is 3. The fraction of sp³-hybridized carbons (Fsp3) is 0.250. The van der Waals surface area contributed by atoms with Gasteiger partial charge in [0.2, 0.25) is 0 Å². The lowest BCUT2D eigenvalue weighted by Crippen LogP contribution is -2.41. The highest BCUT2D eigenvalue weighted by Crippen LogP contribution is 2.38. The average Bonchev–Trinajstić information content (AvgIpc) is 3.31. The summed E-state index contributed by atoms with van der Waals surface area (Å²) in [6.45, 7) is 5.77. The molecule has 5 rings (SSSR count). The smallest absolute Gasteiger partial charge is 0.257 e. The van der Waals surface area contributed by atoms with Crippen LogP contribution in [0.5, 0.6) is 0 Å². The van der Waals surface area contributed by atoms with Gasteiger partial charge in [-0.1, -0.05) is 11.6 Å². The van der Waals surface area contributed by atoms with Crippen LogP contribution in [0.3, 0.4) is 0 Å². The van der Waals surface area contributed by atoms with Gasteiger partial charge in [-0.15, -0.1) is 0 Å². The number of aryl methyl sites for hydroxylation is 1.